The maximum Gasteiger partial charge on any atom is 0.328 e. The zero-order valence-corrected chi connectivity index (χ0v) is 9.10. The molecule has 0 bridgehead atoms. The first kappa shape index (κ1) is 13.9. The fraction of sp³-hybridized carbons (Fsp3) is 0.778. The third kappa shape index (κ3) is 4.26. The molecule has 4 unspecified atom stereocenters. The molecule has 0 aromatic heterocycles. The van der Waals surface area contributed by atoms with Gasteiger partial charge in [-0.05, 0) is 13.8 Å². The van der Waals surface area contributed by atoms with Gasteiger partial charge in [0.05, 0.1) is 6.10 Å². The van der Waals surface area contributed by atoms with Crippen molar-refractivity contribution in [3.8, 4) is 0 Å². The second-order valence-corrected chi connectivity index (χ2v) is 3.71. The standard InChI is InChI=1S/C9H18N2O4/c1-4(5(2)10)8(13)11-7(6(3)12)9(14)15/h4-7,12H,10H2,1-3H3,(H,11,13)(H,14,15). The van der Waals surface area contributed by atoms with E-state index < -0.39 is 29.9 Å². The summed E-state index contributed by atoms with van der Waals surface area (Å²) < 4.78 is 0. The Bertz CT molecular complexity index is 240. The average molecular weight is 218 g/mol. The number of aliphatic hydroxyl groups is 1. The van der Waals surface area contributed by atoms with E-state index >= 15 is 0 Å². The molecule has 0 aromatic carbocycles. The van der Waals surface area contributed by atoms with E-state index in [1.54, 1.807) is 13.8 Å². The van der Waals surface area contributed by atoms with Gasteiger partial charge in [0.1, 0.15) is 0 Å². The number of aliphatic carboxylic acids is 1. The maximum atomic E-state index is 11.4. The quantitative estimate of drug-likeness (QED) is 0.469. The summed E-state index contributed by atoms with van der Waals surface area (Å²) in [6, 6.07) is -1.66. The summed E-state index contributed by atoms with van der Waals surface area (Å²) >= 11 is 0. The number of nitrogens with two attached hydrogens (primary N) is 1. The van der Waals surface area contributed by atoms with Gasteiger partial charge in [0.15, 0.2) is 6.04 Å². The van der Waals surface area contributed by atoms with Crippen LogP contribution in [0.5, 0.6) is 0 Å². The van der Waals surface area contributed by atoms with Crippen molar-refractivity contribution in [1.29, 1.82) is 0 Å². The highest BCUT2D eigenvalue weighted by Gasteiger charge is 2.27. The van der Waals surface area contributed by atoms with Crippen molar-refractivity contribution in [3.63, 3.8) is 0 Å². The SMILES string of the molecule is CC(N)C(C)C(=O)NC(C(=O)O)C(C)O. The van der Waals surface area contributed by atoms with Gasteiger partial charge in [0, 0.05) is 12.0 Å². The van der Waals surface area contributed by atoms with Crippen LogP contribution in [-0.4, -0.2) is 40.3 Å². The highest BCUT2D eigenvalue weighted by molar-refractivity contribution is 5.85. The van der Waals surface area contributed by atoms with E-state index in [-0.39, 0.29) is 6.04 Å². The Hall–Kier alpha value is -1.14. The Morgan fingerprint density at radius 3 is 2.00 bits per heavy atom. The predicted octanol–water partition coefficient (Wildman–Crippen LogP) is -1.08. The van der Waals surface area contributed by atoms with Gasteiger partial charge >= 0.3 is 5.97 Å². The van der Waals surface area contributed by atoms with Crippen LogP contribution in [0.25, 0.3) is 0 Å². The number of aliphatic hydroxyl groups excluding tert-OH is 1. The molecule has 0 aliphatic rings. The molecular weight excluding hydrogens is 200 g/mol. The van der Waals surface area contributed by atoms with Gasteiger partial charge in [0.25, 0.3) is 0 Å². The summed E-state index contributed by atoms with van der Waals surface area (Å²) in [7, 11) is 0. The number of nitrogens with one attached hydrogen (secondary N) is 1. The number of hydrogen-bond donors (Lipinski definition) is 4. The van der Waals surface area contributed by atoms with Gasteiger partial charge < -0.3 is 21.3 Å². The van der Waals surface area contributed by atoms with Crippen LogP contribution in [0.2, 0.25) is 0 Å². The molecule has 6 heteroatoms. The van der Waals surface area contributed by atoms with Gasteiger partial charge in [-0.3, -0.25) is 4.79 Å². The van der Waals surface area contributed by atoms with E-state index in [1.807, 2.05) is 0 Å². The first-order valence-corrected chi connectivity index (χ1v) is 4.74. The minimum absolute atomic E-state index is 0.367. The molecule has 1 amide bonds. The smallest absolute Gasteiger partial charge is 0.328 e. The van der Waals surface area contributed by atoms with Gasteiger partial charge in [-0.25, -0.2) is 4.79 Å². The second kappa shape index (κ2) is 5.67. The number of carbonyl (C=O) groups excluding carboxylic acids is 1. The zero-order valence-electron chi connectivity index (χ0n) is 9.10. The van der Waals surface area contributed by atoms with Crippen LogP contribution in [0.4, 0.5) is 0 Å². The first-order chi connectivity index (χ1) is 6.77. The van der Waals surface area contributed by atoms with Crippen molar-refractivity contribution < 1.29 is 19.8 Å². The fourth-order valence-electron chi connectivity index (χ4n) is 0.912. The van der Waals surface area contributed by atoms with Crippen LogP contribution in [0.3, 0.4) is 0 Å². The van der Waals surface area contributed by atoms with E-state index in [4.69, 9.17) is 15.9 Å². The lowest BCUT2D eigenvalue weighted by molar-refractivity contribution is -0.145. The van der Waals surface area contributed by atoms with Gasteiger partial charge in [-0.2, -0.15) is 0 Å². The fourth-order valence-corrected chi connectivity index (χ4v) is 0.912. The summed E-state index contributed by atoms with van der Waals surface area (Å²) in [4.78, 5) is 22.1. The van der Waals surface area contributed by atoms with Crippen LogP contribution in [0.1, 0.15) is 20.8 Å². The summed E-state index contributed by atoms with van der Waals surface area (Å²) in [5.74, 6) is -2.24. The molecular formula is C9H18N2O4. The van der Waals surface area contributed by atoms with Gasteiger partial charge in [-0.15, -0.1) is 0 Å². The summed E-state index contributed by atoms with van der Waals surface area (Å²) in [6.45, 7) is 4.55. The van der Waals surface area contributed by atoms with Crippen molar-refractivity contribution in [2.45, 2.75) is 39.0 Å². The molecule has 4 atom stereocenters. The Kier molecular flexibility index (Phi) is 5.24. The molecule has 88 valence electrons. The highest BCUT2D eigenvalue weighted by Crippen LogP contribution is 2.02. The molecule has 0 aliphatic carbocycles. The minimum atomic E-state index is -1.29. The Morgan fingerprint density at radius 1 is 1.27 bits per heavy atom. The van der Waals surface area contributed by atoms with Crippen molar-refractivity contribution in [3.05, 3.63) is 0 Å². The van der Waals surface area contributed by atoms with Crippen molar-refractivity contribution >= 4 is 11.9 Å². The Labute approximate surface area is 88.5 Å². The molecule has 0 radical (unpaired) electrons. The number of carbonyl (C=O) groups is 2. The van der Waals surface area contributed by atoms with Crippen molar-refractivity contribution in [2.75, 3.05) is 0 Å². The first-order valence-electron chi connectivity index (χ1n) is 4.74. The number of carboxylic acid groups (broad SMARTS) is 1. The summed E-state index contributed by atoms with van der Waals surface area (Å²) in [6.07, 6.45) is -1.15. The Morgan fingerprint density at radius 2 is 1.73 bits per heavy atom. The third-order valence-electron chi connectivity index (χ3n) is 2.25. The predicted molar refractivity (Wildman–Crippen MR) is 54.1 cm³/mol. The topological polar surface area (TPSA) is 113 Å². The van der Waals surface area contributed by atoms with E-state index in [9.17, 15) is 9.59 Å². The van der Waals surface area contributed by atoms with Crippen LogP contribution >= 0.6 is 0 Å². The monoisotopic (exact) mass is 218 g/mol. The molecule has 0 aromatic rings. The van der Waals surface area contributed by atoms with Gasteiger partial charge in [0.2, 0.25) is 5.91 Å². The number of hydrogen-bond acceptors (Lipinski definition) is 4. The van der Waals surface area contributed by atoms with Crippen LogP contribution in [0, 0.1) is 5.92 Å². The number of carboxylic acids is 1. The minimum Gasteiger partial charge on any atom is -0.480 e. The lowest BCUT2D eigenvalue weighted by Crippen LogP contribution is -2.51. The van der Waals surface area contributed by atoms with Crippen LogP contribution < -0.4 is 11.1 Å². The molecule has 5 N–H and O–H groups in total. The molecule has 0 aliphatic heterocycles. The molecule has 0 heterocycles. The third-order valence-corrected chi connectivity index (χ3v) is 2.25. The van der Waals surface area contributed by atoms with Gasteiger partial charge in [-0.1, -0.05) is 6.92 Å². The van der Waals surface area contributed by atoms with Crippen LogP contribution in [0.15, 0.2) is 0 Å². The van der Waals surface area contributed by atoms with Crippen LogP contribution in [-0.2, 0) is 9.59 Å². The lowest BCUT2D eigenvalue weighted by atomic mass is 10.0. The summed E-state index contributed by atoms with van der Waals surface area (Å²) in [5.41, 5.74) is 5.49. The average Bonchev–Trinajstić information content (AvgIpc) is 2.11. The molecule has 0 fully saturated rings. The molecule has 6 nitrogen and oxygen atoms in total. The molecule has 0 saturated carbocycles. The van der Waals surface area contributed by atoms with Crippen molar-refractivity contribution in [2.24, 2.45) is 11.7 Å². The highest BCUT2D eigenvalue weighted by atomic mass is 16.4. The number of amides is 1. The maximum absolute atomic E-state index is 11.4. The largest absolute Gasteiger partial charge is 0.480 e. The van der Waals surface area contributed by atoms with E-state index in [2.05, 4.69) is 5.32 Å². The molecule has 0 saturated heterocycles. The number of rotatable bonds is 5. The lowest BCUT2D eigenvalue weighted by Gasteiger charge is -2.21. The zero-order chi connectivity index (χ0) is 12.2. The van der Waals surface area contributed by atoms with E-state index in [0.717, 1.165) is 0 Å². The molecule has 0 rings (SSSR count). The molecule has 0 spiro atoms. The summed E-state index contributed by atoms with van der Waals surface area (Å²) in [5, 5.41) is 20.1. The normalized spacial score (nSPS) is 18.7. The Balaban J connectivity index is 4.43. The van der Waals surface area contributed by atoms with Crippen molar-refractivity contribution in [1.82, 2.24) is 5.32 Å². The van der Waals surface area contributed by atoms with E-state index in [0.29, 0.717) is 0 Å². The second-order valence-electron chi connectivity index (χ2n) is 3.71. The molecule has 15 heavy (non-hydrogen) atoms. The van der Waals surface area contributed by atoms with E-state index in [1.165, 1.54) is 6.92 Å².